The summed E-state index contributed by atoms with van der Waals surface area (Å²) < 4.78 is 32.1. The normalized spacial score (nSPS) is 18.9. The van der Waals surface area contributed by atoms with Crippen molar-refractivity contribution in [2.24, 2.45) is 0 Å². The van der Waals surface area contributed by atoms with Crippen LogP contribution in [0.15, 0.2) is 48.5 Å². The maximum atomic E-state index is 13.6. The van der Waals surface area contributed by atoms with Gasteiger partial charge in [0, 0.05) is 45.0 Å². The van der Waals surface area contributed by atoms with Crippen LogP contribution >= 0.6 is 0 Å². The van der Waals surface area contributed by atoms with Crippen molar-refractivity contribution in [1.82, 2.24) is 9.80 Å². The van der Waals surface area contributed by atoms with Crippen molar-refractivity contribution in [3.8, 4) is 0 Å². The summed E-state index contributed by atoms with van der Waals surface area (Å²) in [5.41, 5.74) is 0.503. The molecule has 2 aliphatic heterocycles. The first-order chi connectivity index (χ1) is 14.5. The first kappa shape index (κ1) is 20.5. The van der Waals surface area contributed by atoms with Crippen LogP contribution in [0.25, 0.3) is 0 Å². The lowest BCUT2D eigenvalue weighted by Crippen LogP contribution is -2.56. The quantitative estimate of drug-likeness (QED) is 0.776. The van der Waals surface area contributed by atoms with Crippen LogP contribution in [0.5, 0.6) is 0 Å². The van der Waals surface area contributed by atoms with Crippen LogP contribution < -0.4 is 0 Å². The minimum Gasteiger partial charge on any atom is -0.381 e. The molecule has 2 aromatic rings. The molecule has 0 unspecified atom stereocenters. The Morgan fingerprint density at radius 1 is 0.833 bits per heavy atom. The van der Waals surface area contributed by atoms with E-state index in [1.54, 1.807) is 4.90 Å². The van der Waals surface area contributed by atoms with Crippen LogP contribution in [0, 0.1) is 11.6 Å². The number of benzene rings is 2. The average Bonchev–Trinajstić information content (AvgIpc) is 2.81. The molecular formula is C23H24F2N2O3. The molecular weight excluding hydrogens is 390 g/mol. The molecule has 5 nitrogen and oxygen atoms in total. The van der Waals surface area contributed by atoms with E-state index >= 15 is 0 Å². The zero-order valence-corrected chi connectivity index (χ0v) is 16.7. The summed E-state index contributed by atoms with van der Waals surface area (Å²) in [7, 11) is 0. The van der Waals surface area contributed by atoms with Crippen molar-refractivity contribution in [2.45, 2.75) is 18.3 Å². The molecule has 0 spiro atoms. The van der Waals surface area contributed by atoms with Crippen molar-refractivity contribution in [3.63, 3.8) is 0 Å². The van der Waals surface area contributed by atoms with E-state index in [4.69, 9.17) is 4.74 Å². The monoisotopic (exact) mass is 414 g/mol. The molecule has 2 fully saturated rings. The summed E-state index contributed by atoms with van der Waals surface area (Å²) in [5.74, 6) is -2.31. The van der Waals surface area contributed by atoms with Gasteiger partial charge in [-0.15, -0.1) is 0 Å². The highest BCUT2D eigenvalue weighted by Gasteiger charge is 2.44. The number of rotatable bonds is 3. The largest absolute Gasteiger partial charge is 0.381 e. The predicted molar refractivity (Wildman–Crippen MR) is 107 cm³/mol. The van der Waals surface area contributed by atoms with E-state index in [-0.39, 0.29) is 17.4 Å². The number of carbonyl (C=O) groups excluding carboxylic acids is 2. The topological polar surface area (TPSA) is 49.9 Å². The van der Waals surface area contributed by atoms with Gasteiger partial charge in [-0.3, -0.25) is 9.59 Å². The third kappa shape index (κ3) is 3.81. The predicted octanol–water partition coefficient (Wildman–Crippen LogP) is 3.00. The molecule has 158 valence electrons. The fraction of sp³-hybridized carbons (Fsp3) is 0.391. The van der Waals surface area contributed by atoms with E-state index in [1.165, 1.54) is 6.07 Å². The molecule has 0 aliphatic carbocycles. The lowest BCUT2D eigenvalue weighted by molar-refractivity contribution is -0.142. The maximum Gasteiger partial charge on any atom is 0.254 e. The Morgan fingerprint density at radius 2 is 1.47 bits per heavy atom. The van der Waals surface area contributed by atoms with Gasteiger partial charge in [-0.05, 0) is 36.6 Å². The molecule has 2 amide bonds. The molecule has 7 heteroatoms. The highest BCUT2D eigenvalue weighted by atomic mass is 19.2. The fourth-order valence-electron chi connectivity index (χ4n) is 4.33. The summed E-state index contributed by atoms with van der Waals surface area (Å²) in [6.07, 6.45) is 1.26. The van der Waals surface area contributed by atoms with Gasteiger partial charge in [-0.2, -0.15) is 0 Å². The highest BCUT2D eigenvalue weighted by molar-refractivity contribution is 5.94. The summed E-state index contributed by atoms with van der Waals surface area (Å²) in [5, 5.41) is 0. The Labute approximate surface area is 174 Å². The maximum absolute atomic E-state index is 13.6. The Balaban J connectivity index is 1.47. The van der Waals surface area contributed by atoms with E-state index in [0.29, 0.717) is 52.2 Å². The van der Waals surface area contributed by atoms with Crippen LogP contribution in [0.1, 0.15) is 28.8 Å². The number of amides is 2. The first-order valence-corrected chi connectivity index (χ1v) is 10.2. The Kier molecular flexibility index (Phi) is 5.81. The standard InChI is InChI=1S/C23H24F2N2O3/c24-19-7-6-17(16-20(19)25)21(28)26-10-12-27(13-11-26)22(29)23(8-14-30-15-9-23)18-4-2-1-3-5-18/h1-7,16H,8-15H2. The molecule has 0 bridgehead atoms. The van der Waals surface area contributed by atoms with Gasteiger partial charge in [-0.1, -0.05) is 30.3 Å². The average molecular weight is 414 g/mol. The van der Waals surface area contributed by atoms with Crippen molar-refractivity contribution in [3.05, 3.63) is 71.3 Å². The molecule has 0 radical (unpaired) electrons. The van der Waals surface area contributed by atoms with Gasteiger partial charge in [0.2, 0.25) is 5.91 Å². The lowest BCUT2D eigenvalue weighted by atomic mass is 9.73. The third-order valence-electron chi connectivity index (χ3n) is 6.10. The Hall–Kier alpha value is -2.80. The summed E-state index contributed by atoms with van der Waals surface area (Å²) in [6.45, 7) is 2.59. The lowest BCUT2D eigenvalue weighted by Gasteiger charge is -2.43. The molecule has 4 rings (SSSR count). The van der Waals surface area contributed by atoms with Gasteiger partial charge >= 0.3 is 0 Å². The number of piperazine rings is 1. The SMILES string of the molecule is O=C(c1ccc(F)c(F)c1)N1CCN(C(=O)C2(c3ccccc3)CCOCC2)CC1. The van der Waals surface area contributed by atoms with Crippen molar-refractivity contribution < 1.29 is 23.1 Å². The first-order valence-electron chi connectivity index (χ1n) is 10.2. The molecule has 30 heavy (non-hydrogen) atoms. The zero-order valence-electron chi connectivity index (χ0n) is 16.7. The van der Waals surface area contributed by atoms with Crippen LogP contribution in [0.4, 0.5) is 8.78 Å². The van der Waals surface area contributed by atoms with Crippen LogP contribution in [-0.2, 0) is 14.9 Å². The minimum absolute atomic E-state index is 0.0666. The second-order valence-electron chi connectivity index (χ2n) is 7.77. The Morgan fingerprint density at radius 3 is 2.10 bits per heavy atom. The zero-order chi connectivity index (χ0) is 21.1. The van der Waals surface area contributed by atoms with Gasteiger partial charge in [-0.25, -0.2) is 8.78 Å². The second kappa shape index (κ2) is 8.52. The highest BCUT2D eigenvalue weighted by Crippen LogP contribution is 2.37. The molecule has 2 heterocycles. The van der Waals surface area contributed by atoms with Gasteiger partial charge in [0.05, 0.1) is 5.41 Å². The van der Waals surface area contributed by atoms with E-state index < -0.39 is 17.0 Å². The molecule has 0 aromatic heterocycles. The van der Waals surface area contributed by atoms with Gasteiger partial charge in [0.25, 0.3) is 5.91 Å². The molecule has 0 atom stereocenters. The van der Waals surface area contributed by atoms with E-state index in [1.807, 2.05) is 35.2 Å². The second-order valence-corrected chi connectivity index (χ2v) is 7.77. The molecule has 2 saturated heterocycles. The van der Waals surface area contributed by atoms with Crippen molar-refractivity contribution in [2.75, 3.05) is 39.4 Å². The fourth-order valence-corrected chi connectivity index (χ4v) is 4.33. The van der Waals surface area contributed by atoms with E-state index in [0.717, 1.165) is 17.7 Å². The number of hydrogen-bond acceptors (Lipinski definition) is 3. The number of hydrogen-bond donors (Lipinski definition) is 0. The van der Waals surface area contributed by atoms with E-state index in [2.05, 4.69) is 0 Å². The van der Waals surface area contributed by atoms with Gasteiger partial charge in [0.15, 0.2) is 11.6 Å². The number of halogens is 2. The summed E-state index contributed by atoms with van der Waals surface area (Å²) >= 11 is 0. The van der Waals surface area contributed by atoms with Crippen molar-refractivity contribution in [1.29, 1.82) is 0 Å². The molecule has 0 saturated carbocycles. The molecule has 2 aliphatic rings. The number of nitrogens with zero attached hydrogens (tertiary/aromatic N) is 2. The van der Waals surface area contributed by atoms with E-state index in [9.17, 15) is 18.4 Å². The number of carbonyl (C=O) groups is 2. The van der Waals surface area contributed by atoms with Crippen LogP contribution in [0.3, 0.4) is 0 Å². The third-order valence-corrected chi connectivity index (χ3v) is 6.10. The van der Waals surface area contributed by atoms with Crippen LogP contribution in [0.2, 0.25) is 0 Å². The van der Waals surface area contributed by atoms with Gasteiger partial charge in [0.1, 0.15) is 0 Å². The number of ether oxygens (including phenoxy) is 1. The Bertz CT molecular complexity index is 921. The van der Waals surface area contributed by atoms with Crippen molar-refractivity contribution >= 4 is 11.8 Å². The summed E-state index contributed by atoms with van der Waals surface area (Å²) in [6, 6.07) is 13.0. The minimum atomic E-state index is -1.04. The summed E-state index contributed by atoms with van der Waals surface area (Å²) in [4.78, 5) is 29.6. The van der Waals surface area contributed by atoms with Crippen LogP contribution in [-0.4, -0.2) is 61.0 Å². The van der Waals surface area contributed by atoms with Gasteiger partial charge < -0.3 is 14.5 Å². The smallest absolute Gasteiger partial charge is 0.254 e. The molecule has 0 N–H and O–H groups in total. The molecule has 2 aromatic carbocycles.